The number of aliphatic hydroxyl groups excluding tert-OH is 1. The van der Waals surface area contributed by atoms with Crippen molar-refractivity contribution < 1.29 is 9.52 Å². The van der Waals surface area contributed by atoms with E-state index in [0.717, 1.165) is 18.7 Å². The van der Waals surface area contributed by atoms with E-state index >= 15 is 0 Å². The Balaban J connectivity index is 0.00000338. The summed E-state index contributed by atoms with van der Waals surface area (Å²) in [5.41, 5.74) is 3.50. The molecule has 2 rings (SSSR count). The van der Waals surface area contributed by atoms with Gasteiger partial charge in [-0.2, -0.15) is 5.10 Å². The third-order valence-corrected chi connectivity index (χ3v) is 4.19. The lowest BCUT2D eigenvalue weighted by Gasteiger charge is -2.18. The summed E-state index contributed by atoms with van der Waals surface area (Å²) in [6.45, 7) is 9.23. The van der Waals surface area contributed by atoms with Crippen LogP contribution in [0.5, 0.6) is 0 Å². The molecule has 2 atom stereocenters. The zero-order valence-corrected chi connectivity index (χ0v) is 18.4. The van der Waals surface area contributed by atoms with E-state index in [2.05, 4.69) is 34.6 Å². The fraction of sp³-hybridized carbons (Fsp3) is 0.556. The average molecular weight is 475 g/mol. The number of nitrogens with one attached hydrogen (secondary N) is 2. The van der Waals surface area contributed by atoms with E-state index in [4.69, 9.17) is 4.42 Å². The predicted octanol–water partition coefficient (Wildman–Crippen LogP) is 2.47. The number of rotatable bonds is 7. The van der Waals surface area contributed by atoms with Crippen LogP contribution in [0, 0.1) is 13.8 Å². The molecule has 0 aliphatic rings. The number of aliphatic hydroxyl groups is 1. The molecule has 0 amide bonds. The summed E-state index contributed by atoms with van der Waals surface area (Å²) in [5.74, 6) is 1.20. The third kappa shape index (κ3) is 6.01. The summed E-state index contributed by atoms with van der Waals surface area (Å²) in [6.07, 6.45) is 1.66. The lowest BCUT2D eigenvalue weighted by Crippen LogP contribution is -2.43. The molecule has 0 fully saturated rings. The molecule has 0 spiro atoms. The highest BCUT2D eigenvalue weighted by Crippen LogP contribution is 2.15. The van der Waals surface area contributed by atoms with Gasteiger partial charge < -0.3 is 20.2 Å². The van der Waals surface area contributed by atoms with Gasteiger partial charge in [0.15, 0.2) is 5.96 Å². The lowest BCUT2D eigenvalue weighted by atomic mass is 10.1. The van der Waals surface area contributed by atoms with E-state index < -0.39 is 6.10 Å². The van der Waals surface area contributed by atoms with E-state index in [1.165, 1.54) is 11.3 Å². The van der Waals surface area contributed by atoms with Crippen LogP contribution >= 0.6 is 24.0 Å². The van der Waals surface area contributed by atoms with Crippen molar-refractivity contribution in [3.8, 4) is 0 Å². The van der Waals surface area contributed by atoms with E-state index in [1.807, 2.05) is 25.6 Å². The fourth-order valence-corrected chi connectivity index (χ4v) is 2.77. The van der Waals surface area contributed by atoms with Crippen molar-refractivity contribution >= 4 is 29.9 Å². The summed E-state index contributed by atoms with van der Waals surface area (Å²) < 4.78 is 7.12. The minimum absolute atomic E-state index is 0. The molecule has 0 aromatic carbocycles. The van der Waals surface area contributed by atoms with Crippen LogP contribution < -0.4 is 10.6 Å². The van der Waals surface area contributed by atoms with Crippen molar-refractivity contribution in [3.63, 3.8) is 0 Å². The Hall–Kier alpha value is -1.55. The first kappa shape index (κ1) is 22.5. The van der Waals surface area contributed by atoms with Gasteiger partial charge in [0.2, 0.25) is 0 Å². The largest absolute Gasteiger partial charge is 0.467 e. The van der Waals surface area contributed by atoms with Crippen LogP contribution in [0.4, 0.5) is 0 Å². The molecule has 0 radical (unpaired) electrons. The second-order valence-corrected chi connectivity index (χ2v) is 6.27. The Kier molecular flexibility index (Phi) is 9.14. The summed E-state index contributed by atoms with van der Waals surface area (Å²) >= 11 is 0. The van der Waals surface area contributed by atoms with Crippen molar-refractivity contribution in [1.82, 2.24) is 20.4 Å². The Morgan fingerprint density at radius 1 is 1.42 bits per heavy atom. The minimum atomic E-state index is -0.747. The first-order valence-electron chi connectivity index (χ1n) is 8.67. The van der Waals surface area contributed by atoms with Crippen LogP contribution in [0.25, 0.3) is 0 Å². The number of furan rings is 1. The number of halogens is 1. The van der Waals surface area contributed by atoms with E-state index in [0.29, 0.717) is 11.7 Å². The van der Waals surface area contributed by atoms with Gasteiger partial charge in [-0.15, -0.1) is 24.0 Å². The average Bonchev–Trinajstić information content (AvgIpc) is 3.18. The number of aromatic nitrogens is 2. The number of hydrogen-bond donors (Lipinski definition) is 3. The summed E-state index contributed by atoms with van der Waals surface area (Å²) in [4.78, 5) is 4.46. The van der Waals surface area contributed by atoms with Crippen molar-refractivity contribution in [1.29, 1.82) is 0 Å². The molecule has 2 aromatic heterocycles. The zero-order chi connectivity index (χ0) is 18.4. The summed E-state index contributed by atoms with van der Waals surface area (Å²) in [7, 11) is 1.96. The highest BCUT2D eigenvalue weighted by Gasteiger charge is 2.15. The van der Waals surface area contributed by atoms with Crippen LogP contribution in [-0.4, -0.2) is 40.0 Å². The smallest absolute Gasteiger partial charge is 0.191 e. The maximum absolute atomic E-state index is 10.1. The molecule has 0 bridgehead atoms. The molecule has 7 nitrogen and oxygen atoms in total. The minimum Gasteiger partial charge on any atom is -0.467 e. The quantitative estimate of drug-likeness (QED) is 0.326. The standard InChI is InChI=1S/C18H29N5O2.HI/c1-6-19-18(20-11-16(24)17-8-7-9-25-17)21-12(2)10-15-13(3)22-23(5)14(15)4;/h7-9,12,16,24H,6,10-11H2,1-5H3,(H2,19,20,21);1H. The molecular formula is C18H30IN5O2. The summed E-state index contributed by atoms with van der Waals surface area (Å²) in [6, 6.07) is 3.68. The van der Waals surface area contributed by atoms with Crippen molar-refractivity contribution in [2.45, 2.75) is 46.3 Å². The van der Waals surface area contributed by atoms with Gasteiger partial charge in [-0.05, 0) is 51.8 Å². The maximum atomic E-state index is 10.1. The maximum Gasteiger partial charge on any atom is 0.191 e. The molecule has 2 aromatic rings. The van der Waals surface area contributed by atoms with E-state index in [-0.39, 0.29) is 36.6 Å². The van der Waals surface area contributed by atoms with Crippen molar-refractivity contribution in [3.05, 3.63) is 41.1 Å². The molecule has 8 heteroatoms. The van der Waals surface area contributed by atoms with E-state index in [9.17, 15) is 5.11 Å². The van der Waals surface area contributed by atoms with E-state index in [1.54, 1.807) is 18.4 Å². The Bertz CT molecular complexity index is 697. The predicted molar refractivity (Wildman–Crippen MR) is 114 cm³/mol. The van der Waals surface area contributed by atoms with Crippen LogP contribution in [0.15, 0.2) is 27.8 Å². The second kappa shape index (κ2) is 10.6. The molecule has 2 unspecified atom stereocenters. The molecule has 26 heavy (non-hydrogen) atoms. The Morgan fingerprint density at radius 3 is 2.69 bits per heavy atom. The van der Waals surface area contributed by atoms with Gasteiger partial charge in [-0.25, -0.2) is 0 Å². The SMILES string of the molecule is CCNC(=NCC(O)c1ccco1)NC(C)Cc1c(C)nn(C)c1C.I. The highest BCUT2D eigenvalue weighted by atomic mass is 127. The third-order valence-electron chi connectivity index (χ3n) is 4.19. The molecule has 146 valence electrons. The highest BCUT2D eigenvalue weighted by molar-refractivity contribution is 14.0. The van der Waals surface area contributed by atoms with Crippen LogP contribution in [0.3, 0.4) is 0 Å². The van der Waals surface area contributed by atoms with Gasteiger partial charge >= 0.3 is 0 Å². The Labute approximate surface area is 172 Å². The second-order valence-electron chi connectivity index (χ2n) is 6.27. The first-order chi connectivity index (χ1) is 11.9. The first-order valence-corrected chi connectivity index (χ1v) is 8.67. The van der Waals surface area contributed by atoms with Gasteiger partial charge in [-0.1, -0.05) is 0 Å². The van der Waals surface area contributed by atoms with Gasteiger partial charge in [0, 0.05) is 25.3 Å². The Morgan fingerprint density at radius 2 is 2.15 bits per heavy atom. The molecule has 0 aliphatic heterocycles. The van der Waals surface area contributed by atoms with Crippen molar-refractivity contribution in [2.24, 2.45) is 12.0 Å². The van der Waals surface area contributed by atoms with Crippen LogP contribution in [-0.2, 0) is 13.5 Å². The molecular weight excluding hydrogens is 445 g/mol. The summed E-state index contributed by atoms with van der Waals surface area (Å²) in [5, 5.41) is 21.2. The van der Waals surface area contributed by atoms with Crippen molar-refractivity contribution in [2.75, 3.05) is 13.1 Å². The van der Waals surface area contributed by atoms with Crippen LogP contribution in [0.2, 0.25) is 0 Å². The monoisotopic (exact) mass is 475 g/mol. The molecule has 2 heterocycles. The molecule has 3 N–H and O–H groups in total. The fourth-order valence-electron chi connectivity index (χ4n) is 2.77. The van der Waals surface area contributed by atoms with Gasteiger partial charge in [0.25, 0.3) is 0 Å². The van der Waals surface area contributed by atoms with Crippen LogP contribution in [0.1, 0.15) is 42.7 Å². The van der Waals surface area contributed by atoms with Gasteiger partial charge in [-0.3, -0.25) is 9.67 Å². The number of aliphatic imine (C=N–C) groups is 1. The van der Waals surface area contributed by atoms with Gasteiger partial charge in [0.05, 0.1) is 18.5 Å². The number of hydrogen-bond acceptors (Lipinski definition) is 4. The normalized spacial score (nSPS) is 13.8. The zero-order valence-electron chi connectivity index (χ0n) is 16.1. The van der Waals surface area contributed by atoms with Gasteiger partial charge in [0.1, 0.15) is 11.9 Å². The number of aryl methyl sites for hydroxylation is 2. The molecule has 0 saturated carbocycles. The lowest BCUT2D eigenvalue weighted by molar-refractivity contribution is 0.158. The topological polar surface area (TPSA) is 87.6 Å². The number of nitrogens with zero attached hydrogens (tertiary/aromatic N) is 3. The molecule has 0 aliphatic carbocycles. The molecule has 0 saturated heterocycles. The number of guanidine groups is 1.